The van der Waals surface area contributed by atoms with Crippen LogP contribution in [0.4, 0.5) is 0 Å². The molecule has 0 saturated carbocycles. The van der Waals surface area contributed by atoms with Crippen LogP contribution >= 0.6 is 38.9 Å². The molecule has 80 valence electrons. The first-order valence-electron chi connectivity index (χ1n) is 4.37. The van der Waals surface area contributed by atoms with Gasteiger partial charge < -0.3 is 9.73 Å². The van der Waals surface area contributed by atoms with Crippen molar-refractivity contribution in [1.29, 1.82) is 0 Å². The van der Waals surface area contributed by atoms with Crippen molar-refractivity contribution in [1.82, 2.24) is 5.32 Å². The highest BCUT2D eigenvalue weighted by molar-refractivity contribution is 9.11. The van der Waals surface area contributed by atoms with E-state index in [0.29, 0.717) is 0 Å². The van der Waals surface area contributed by atoms with Gasteiger partial charge in [-0.3, -0.25) is 0 Å². The van der Waals surface area contributed by atoms with Crippen LogP contribution in [-0.2, 0) is 0 Å². The molecule has 0 saturated heterocycles. The van der Waals surface area contributed by atoms with E-state index in [1.54, 1.807) is 17.6 Å². The second-order valence-electron chi connectivity index (χ2n) is 3.01. The minimum Gasteiger partial charge on any atom is -0.467 e. The zero-order valence-corrected chi connectivity index (χ0v) is 11.1. The van der Waals surface area contributed by atoms with Crippen LogP contribution in [0.25, 0.3) is 0 Å². The van der Waals surface area contributed by atoms with E-state index < -0.39 is 0 Å². The zero-order chi connectivity index (χ0) is 10.8. The average Bonchev–Trinajstić information content (AvgIpc) is 2.80. The molecule has 2 aromatic rings. The summed E-state index contributed by atoms with van der Waals surface area (Å²) in [7, 11) is 1.90. The largest absolute Gasteiger partial charge is 0.467 e. The van der Waals surface area contributed by atoms with Gasteiger partial charge in [-0.05, 0) is 41.2 Å². The fourth-order valence-electron chi connectivity index (χ4n) is 1.39. The molecule has 0 aromatic carbocycles. The lowest BCUT2D eigenvalue weighted by Gasteiger charge is -2.10. The SMILES string of the molecule is CNC(c1ccco1)c1cc(Cl)c(Br)s1. The molecule has 2 nitrogen and oxygen atoms in total. The Morgan fingerprint density at radius 3 is 2.87 bits per heavy atom. The summed E-state index contributed by atoms with van der Waals surface area (Å²) in [6.45, 7) is 0. The number of halogens is 2. The molecule has 1 N–H and O–H groups in total. The first-order chi connectivity index (χ1) is 7.22. The fourth-order valence-corrected chi connectivity index (χ4v) is 3.25. The van der Waals surface area contributed by atoms with Crippen LogP contribution in [0.3, 0.4) is 0 Å². The Morgan fingerprint density at radius 1 is 1.60 bits per heavy atom. The van der Waals surface area contributed by atoms with Gasteiger partial charge in [0, 0.05) is 4.88 Å². The molecule has 0 aliphatic carbocycles. The molecule has 0 spiro atoms. The summed E-state index contributed by atoms with van der Waals surface area (Å²) in [6.07, 6.45) is 1.67. The Labute approximate surface area is 105 Å². The number of nitrogens with one attached hydrogen (secondary N) is 1. The summed E-state index contributed by atoms with van der Waals surface area (Å²) in [5, 5.41) is 3.94. The van der Waals surface area contributed by atoms with E-state index >= 15 is 0 Å². The zero-order valence-electron chi connectivity index (χ0n) is 7.96. The van der Waals surface area contributed by atoms with Crippen LogP contribution in [0.15, 0.2) is 32.7 Å². The molecule has 1 unspecified atom stereocenters. The van der Waals surface area contributed by atoms with Crippen LogP contribution in [0.2, 0.25) is 5.02 Å². The van der Waals surface area contributed by atoms with Gasteiger partial charge in [0.15, 0.2) is 0 Å². The van der Waals surface area contributed by atoms with Crippen LogP contribution < -0.4 is 5.32 Å². The Kier molecular flexibility index (Phi) is 3.51. The molecule has 2 aromatic heterocycles. The van der Waals surface area contributed by atoms with Crippen molar-refractivity contribution in [2.24, 2.45) is 0 Å². The number of rotatable bonds is 3. The molecule has 1 atom stereocenters. The quantitative estimate of drug-likeness (QED) is 0.925. The summed E-state index contributed by atoms with van der Waals surface area (Å²) >= 11 is 11.0. The smallest absolute Gasteiger partial charge is 0.126 e. The molecule has 0 bridgehead atoms. The minimum atomic E-state index is 0.0637. The van der Waals surface area contributed by atoms with Crippen molar-refractivity contribution in [3.8, 4) is 0 Å². The van der Waals surface area contributed by atoms with Gasteiger partial charge in [0.25, 0.3) is 0 Å². The highest BCUT2D eigenvalue weighted by Gasteiger charge is 2.18. The Hall–Kier alpha value is -0.290. The monoisotopic (exact) mass is 305 g/mol. The lowest BCUT2D eigenvalue weighted by Crippen LogP contribution is -2.15. The van der Waals surface area contributed by atoms with Gasteiger partial charge in [0.05, 0.1) is 15.1 Å². The van der Waals surface area contributed by atoms with Crippen molar-refractivity contribution >= 4 is 38.9 Å². The second kappa shape index (κ2) is 4.70. The standard InChI is InChI=1S/C10H9BrClNOS/c1-13-9(7-3-2-4-14-7)8-5-6(12)10(11)15-8/h2-5,9,13H,1H3. The van der Waals surface area contributed by atoms with Gasteiger partial charge in [0.2, 0.25) is 0 Å². The summed E-state index contributed by atoms with van der Waals surface area (Å²) < 4.78 is 6.33. The number of thiophene rings is 1. The molecule has 2 rings (SSSR count). The Morgan fingerprint density at radius 2 is 2.40 bits per heavy atom. The van der Waals surface area contributed by atoms with E-state index in [0.717, 1.165) is 19.4 Å². The summed E-state index contributed by atoms with van der Waals surface area (Å²) in [6, 6.07) is 5.83. The van der Waals surface area contributed by atoms with Crippen LogP contribution in [0, 0.1) is 0 Å². The van der Waals surface area contributed by atoms with Gasteiger partial charge in [-0.25, -0.2) is 0 Å². The number of hydrogen-bond donors (Lipinski definition) is 1. The molecule has 0 radical (unpaired) electrons. The molecule has 5 heteroatoms. The van der Waals surface area contributed by atoms with Crippen molar-refractivity contribution in [3.63, 3.8) is 0 Å². The predicted octanol–water partition coefficient (Wildman–Crippen LogP) is 4.07. The lowest BCUT2D eigenvalue weighted by atomic mass is 10.2. The summed E-state index contributed by atoms with van der Waals surface area (Å²) in [5.41, 5.74) is 0. The first-order valence-corrected chi connectivity index (χ1v) is 6.36. The lowest BCUT2D eigenvalue weighted by molar-refractivity contribution is 0.466. The second-order valence-corrected chi connectivity index (χ2v) is 5.82. The van der Waals surface area contributed by atoms with E-state index in [1.807, 2.05) is 25.2 Å². The maximum absolute atomic E-state index is 6.00. The van der Waals surface area contributed by atoms with Gasteiger partial charge >= 0.3 is 0 Å². The average molecular weight is 307 g/mol. The van der Waals surface area contributed by atoms with E-state index in [-0.39, 0.29) is 6.04 Å². The molecular weight excluding hydrogens is 298 g/mol. The van der Waals surface area contributed by atoms with Gasteiger partial charge in [-0.15, -0.1) is 11.3 Å². The molecule has 0 aliphatic rings. The summed E-state index contributed by atoms with van der Waals surface area (Å²) in [5.74, 6) is 0.892. The van der Waals surface area contributed by atoms with Crippen LogP contribution in [0.1, 0.15) is 16.7 Å². The Balaban J connectivity index is 2.35. The third-order valence-electron chi connectivity index (χ3n) is 2.07. The van der Waals surface area contributed by atoms with Crippen molar-refractivity contribution in [3.05, 3.63) is 43.9 Å². The van der Waals surface area contributed by atoms with Gasteiger partial charge in [0.1, 0.15) is 11.8 Å². The normalized spacial score (nSPS) is 13.0. The fraction of sp³-hybridized carbons (Fsp3) is 0.200. The summed E-state index contributed by atoms with van der Waals surface area (Å²) in [4.78, 5) is 1.13. The highest BCUT2D eigenvalue weighted by Crippen LogP contribution is 2.37. The number of furan rings is 1. The third-order valence-corrected chi connectivity index (χ3v) is 4.60. The Bertz CT molecular complexity index is 421. The molecular formula is C10H9BrClNOS. The molecule has 0 amide bonds. The maximum atomic E-state index is 6.00. The molecule has 0 aliphatic heterocycles. The minimum absolute atomic E-state index is 0.0637. The van der Waals surface area contributed by atoms with E-state index in [2.05, 4.69) is 21.2 Å². The third kappa shape index (κ3) is 2.28. The molecule has 15 heavy (non-hydrogen) atoms. The van der Waals surface area contributed by atoms with Gasteiger partial charge in [-0.1, -0.05) is 11.6 Å². The highest BCUT2D eigenvalue weighted by atomic mass is 79.9. The molecule has 0 fully saturated rings. The van der Waals surface area contributed by atoms with Crippen LogP contribution in [0.5, 0.6) is 0 Å². The van der Waals surface area contributed by atoms with Gasteiger partial charge in [-0.2, -0.15) is 0 Å². The number of hydrogen-bond acceptors (Lipinski definition) is 3. The van der Waals surface area contributed by atoms with E-state index in [4.69, 9.17) is 16.0 Å². The first kappa shape index (κ1) is 11.2. The topological polar surface area (TPSA) is 25.2 Å². The predicted molar refractivity (Wildman–Crippen MR) is 66.6 cm³/mol. The van der Waals surface area contributed by atoms with E-state index in [1.165, 1.54) is 0 Å². The van der Waals surface area contributed by atoms with Crippen molar-refractivity contribution < 1.29 is 4.42 Å². The maximum Gasteiger partial charge on any atom is 0.126 e. The van der Waals surface area contributed by atoms with E-state index in [9.17, 15) is 0 Å². The van der Waals surface area contributed by atoms with Crippen molar-refractivity contribution in [2.45, 2.75) is 6.04 Å². The van der Waals surface area contributed by atoms with Crippen molar-refractivity contribution in [2.75, 3.05) is 7.05 Å². The molecule has 2 heterocycles. The van der Waals surface area contributed by atoms with Crippen LogP contribution in [-0.4, -0.2) is 7.05 Å².